The third-order valence-corrected chi connectivity index (χ3v) is 3.86. The summed E-state index contributed by atoms with van der Waals surface area (Å²) in [7, 11) is 0. The van der Waals surface area contributed by atoms with Crippen molar-refractivity contribution in [2.45, 2.75) is 19.3 Å². The zero-order valence-corrected chi connectivity index (χ0v) is 14.4. The summed E-state index contributed by atoms with van der Waals surface area (Å²) in [6, 6.07) is 15.4. The lowest BCUT2D eigenvalue weighted by molar-refractivity contribution is -0.141. The fourth-order valence-corrected chi connectivity index (χ4v) is 2.45. The molecular weight excluding hydrogens is 337 g/mol. The number of ether oxygens (including phenoxy) is 1. The SMILES string of the molecule is O=C(CCCOc1ccccc1F)NCC(Cc1ccccc1)C(=O)O. The van der Waals surface area contributed by atoms with E-state index in [1.54, 1.807) is 12.1 Å². The van der Waals surface area contributed by atoms with Gasteiger partial charge in [0, 0.05) is 13.0 Å². The predicted octanol–water partition coefficient (Wildman–Crippen LogP) is 3.04. The molecule has 0 aliphatic rings. The number of carboxylic acid groups (broad SMARTS) is 1. The highest BCUT2D eigenvalue weighted by molar-refractivity contribution is 5.77. The van der Waals surface area contributed by atoms with Crippen molar-refractivity contribution in [3.05, 3.63) is 66.0 Å². The fraction of sp³-hybridized carbons (Fsp3) is 0.300. The molecule has 26 heavy (non-hydrogen) atoms. The van der Waals surface area contributed by atoms with Crippen LogP contribution in [0.2, 0.25) is 0 Å². The third-order valence-electron chi connectivity index (χ3n) is 3.86. The van der Waals surface area contributed by atoms with E-state index in [0.717, 1.165) is 5.56 Å². The first-order chi connectivity index (χ1) is 12.6. The lowest BCUT2D eigenvalue weighted by Crippen LogP contribution is -2.34. The summed E-state index contributed by atoms with van der Waals surface area (Å²) in [6.07, 6.45) is 0.954. The number of carbonyl (C=O) groups is 2. The van der Waals surface area contributed by atoms with Gasteiger partial charge in [-0.05, 0) is 30.5 Å². The molecule has 2 N–H and O–H groups in total. The summed E-state index contributed by atoms with van der Waals surface area (Å²) < 4.78 is 18.7. The summed E-state index contributed by atoms with van der Waals surface area (Å²) in [5.74, 6) is -2.17. The van der Waals surface area contributed by atoms with Crippen LogP contribution < -0.4 is 10.1 Å². The van der Waals surface area contributed by atoms with E-state index in [2.05, 4.69) is 5.32 Å². The van der Waals surface area contributed by atoms with Gasteiger partial charge in [-0.25, -0.2) is 4.39 Å². The van der Waals surface area contributed by atoms with Gasteiger partial charge < -0.3 is 15.2 Å². The molecule has 0 spiro atoms. The Labute approximate surface area is 151 Å². The van der Waals surface area contributed by atoms with Crippen molar-refractivity contribution >= 4 is 11.9 Å². The van der Waals surface area contributed by atoms with Crippen LogP contribution in [0, 0.1) is 11.7 Å². The number of nitrogens with one attached hydrogen (secondary N) is 1. The number of carbonyl (C=O) groups excluding carboxylic acids is 1. The molecule has 0 aliphatic carbocycles. The normalized spacial score (nSPS) is 11.6. The molecule has 0 aromatic heterocycles. The van der Waals surface area contributed by atoms with Crippen LogP contribution in [-0.4, -0.2) is 30.1 Å². The maximum Gasteiger partial charge on any atom is 0.308 e. The Morgan fingerprint density at radius 2 is 1.77 bits per heavy atom. The van der Waals surface area contributed by atoms with Gasteiger partial charge in [0.1, 0.15) is 0 Å². The molecule has 0 aliphatic heterocycles. The van der Waals surface area contributed by atoms with Crippen LogP contribution in [0.1, 0.15) is 18.4 Å². The highest BCUT2D eigenvalue weighted by Gasteiger charge is 2.18. The first-order valence-electron chi connectivity index (χ1n) is 8.47. The van der Waals surface area contributed by atoms with Crippen LogP contribution >= 0.6 is 0 Å². The van der Waals surface area contributed by atoms with E-state index in [0.29, 0.717) is 12.8 Å². The zero-order chi connectivity index (χ0) is 18.8. The Morgan fingerprint density at radius 3 is 2.46 bits per heavy atom. The number of hydrogen-bond acceptors (Lipinski definition) is 3. The molecule has 1 atom stereocenters. The number of benzene rings is 2. The van der Waals surface area contributed by atoms with E-state index < -0.39 is 17.7 Å². The molecule has 0 fully saturated rings. The Bertz CT molecular complexity index is 721. The molecule has 0 saturated carbocycles. The summed E-state index contributed by atoms with van der Waals surface area (Å²) in [6.45, 7) is 0.276. The Balaban J connectivity index is 1.69. The van der Waals surface area contributed by atoms with Crippen molar-refractivity contribution in [3.63, 3.8) is 0 Å². The average molecular weight is 359 g/mol. The van der Waals surface area contributed by atoms with Gasteiger partial charge in [0.25, 0.3) is 0 Å². The highest BCUT2D eigenvalue weighted by Crippen LogP contribution is 2.15. The van der Waals surface area contributed by atoms with E-state index >= 15 is 0 Å². The molecule has 1 amide bonds. The smallest absolute Gasteiger partial charge is 0.308 e. The van der Waals surface area contributed by atoms with E-state index in [1.165, 1.54) is 12.1 Å². The lowest BCUT2D eigenvalue weighted by Gasteiger charge is -2.13. The Hall–Kier alpha value is -2.89. The number of halogens is 1. The third kappa shape index (κ3) is 6.55. The second kappa shape index (κ2) is 10.2. The minimum atomic E-state index is -0.947. The first kappa shape index (κ1) is 19.4. The topological polar surface area (TPSA) is 75.6 Å². The predicted molar refractivity (Wildman–Crippen MR) is 95.4 cm³/mol. The number of carboxylic acids is 1. The minimum Gasteiger partial charge on any atom is -0.491 e. The van der Waals surface area contributed by atoms with Gasteiger partial charge in [0.15, 0.2) is 11.6 Å². The van der Waals surface area contributed by atoms with Crippen LogP contribution in [0.3, 0.4) is 0 Å². The number of para-hydroxylation sites is 1. The van der Waals surface area contributed by atoms with E-state index in [1.807, 2.05) is 30.3 Å². The molecule has 0 bridgehead atoms. The van der Waals surface area contributed by atoms with Crippen LogP contribution in [0.25, 0.3) is 0 Å². The largest absolute Gasteiger partial charge is 0.491 e. The van der Waals surface area contributed by atoms with Crippen LogP contribution in [0.4, 0.5) is 4.39 Å². The molecule has 5 nitrogen and oxygen atoms in total. The van der Waals surface area contributed by atoms with Crippen molar-refractivity contribution in [3.8, 4) is 5.75 Å². The summed E-state index contributed by atoms with van der Waals surface area (Å²) >= 11 is 0. The second-order valence-electron chi connectivity index (χ2n) is 5.91. The van der Waals surface area contributed by atoms with Crippen molar-refractivity contribution in [1.82, 2.24) is 5.32 Å². The first-order valence-corrected chi connectivity index (χ1v) is 8.47. The van der Waals surface area contributed by atoms with Crippen molar-refractivity contribution in [1.29, 1.82) is 0 Å². The van der Waals surface area contributed by atoms with Gasteiger partial charge in [-0.1, -0.05) is 42.5 Å². The molecular formula is C20H22FNO4. The van der Waals surface area contributed by atoms with Gasteiger partial charge in [-0.3, -0.25) is 9.59 Å². The molecule has 2 aromatic rings. The number of aliphatic carboxylic acids is 1. The number of rotatable bonds is 10. The van der Waals surface area contributed by atoms with E-state index in [-0.39, 0.29) is 31.2 Å². The molecule has 6 heteroatoms. The minimum absolute atomic E-state index is 0.0667. The molecule has 1 unspecified atom stereocenters. The Kier molecular flexibility index (Phi) is 7.61. The molecule has 0 saturated heterocycles. The van der Waals surface area contributed by atoms with E-state index in [4.69, 9.17) is 4.74 Å². The quantitative estimate of drug-likeness (QED) is 0.640. The van der Waals surface area contributed by atoms with Crippen molar-refractivity contribution in [2.24, 2.45) is 5.92 Å². The Morgan fingerprint density at radius 1 is 1.08 bits per heavy atom. The zero-order valence-electron chi connectivity index (χ0n) is 14.4. The van der Waals surface area contributed by atoms with Gasteiger partial charge in [0.2, 0.25) is 5.91 Å². The van der Waals surface area contributed by atoms with Gasteiger partial charge >= 0.3 is 5.97 Å². The van der Waals surface area contributed by atoms with Gasteiger partial charge in [-0.15, -0.1) is 0 Å². The standard InChI is InChI=1S/C20H22FNO4/c21-17-9-4-5-10-18(17)26-12-6-11-19(23)22-14-16(20(24)25)13-15-7-2-1-3-8-15/h1-5,7-10,16H,6,11-14H2,(H,22,23)(H,24,25). The van der Waals surface area contributed by atoms with Crippen LogP contribution in [-0.2, 0) is 16.0 Å². The van der Waals surface area contributed by atoms with Crippen LogP contribution in [0.15, 0.2) is 54.6 Å². The summed E-state index contributed by atoms with van der Waals surface area (Å²) in [5.41, 5.74) is 0.910. The molecule has 2 rings (SSSR count). The molecule has 0 heterocycles. The lowest BCUT2D eigenvalue weighted by atomic mass is 9.99. The highest BCUT2D eigenvalue weighted by atomic mass is 19.1. The molecule has 2 aromatic carbocycles. The average Bonchev–Trinajstić information content (AvgIpc) is 2.64. The molecule has 0 radical (unpaired) electrons. The second-order valence-corrected chi connectivity index (χ2v) is 5.91. The van der Waals surface area contributed by atoms with Crippen molar-refractivity contribution < 1.29 is 23.8 Å². The van der Waals surface area contributed by atoms with Crippen LogP contribution in [0.5, 0.6) is 5.75 Å². The maximum absolute atomic E-state index is 13.4. The number of amides is 1. The fourth-order valence-electron chi connectivity index (χ4n) is 2.45. The summed E-state index contributed by atoms with van der Waals surface area (Å²) in [4.78, 5) is 23.2. The summed E-state index contributed by atoms with van der Waals surface area (Å²) in [5, 5.41) is 12.0. The number of hydrogen-bond donors (Lipinski definition) is 2. The van der Waals surface area contributed by atoms with Gasteiger partial charge in [-0.2, -0.15) is 0 Å². The van der Waals surface area contributed by atoms with Gasteiger partial charge in [0.05, 0.1) is 12.5 Å². The maximum atomic E-state index is 13.4. The molecule has 138 valence electrons. The van der Waals surface area contributed by atoms with E-state index in [9.17, 15) is 19.1 Å². The monoisotopic (exact) mass is 359 g/mol. The van der Waals surface area contributed by atoms with Crippen molar-refractivity contribution in [2.75, 3.05) is 13.2 Å².